The van der Waals surface area contributed by atoms with Gasteiger partial charge in [0.05, 0.1) is 30.2 Å². The van der Waals surface area contributed by atoms with Crippen molar-refractivity contribution in [2.45, 2.75) is 44.8 Å². The summed E-state index contributed by atoms with van der Waals surface area (Å²) in [5.74, 6) is -1.59. The van der Waals surface area contributed by atoms with Crippen molar-refractivity contribution in [3.8, 4) is 0 Å². The second-order valence-electron chi connectivity index (χ2n) is 5.23. The van der Waals surface area contributed by atoms with Crippen LogP contribution in [0.25, 0.3) is 0 Å². The number of carbonyl (C=O) groups excluding carboxylic acids is 1. The van der Waals surface area contributed by atoms with E-state index < -0.39 is 11.9 Å². The van der Waals surface area contributed by atoms with E-state index in [0.29, 0.717) is 0 Å². The first-order valence-corrected chi connectivity index (χ1v) is 6.67. The average Bonchev–Trinajstić information content (AvgIpc) is 2.99. The molecular weight excluding hydrogens is 246 g/mol. The standard InChI is InChI=1S/C13H17N3O3/c1-2-15-7-14-6-10(15)12-9(13(18)19)5-11(17)16(12)8-3-4-8/h6-9,12H,2-5H2,1H3,(H,18,19). The van der Waals surface area contributed by atoms with Crippen LogP contribution in [0.15, 0.2) is 12.5 Å². The zero-order valence-electron chi connectivity index (χ0n) is 10.8. The summed E-state index contributed by atoms with van der Waals surface area (Å²) in [5.41, 5.74) is 0.840. The van der Waals surface area contributed by atoms with Gasteiger partial charge in [-0.15, -0.1) is 0 Å². The highest BCUT2D eigenvalue weighted by atomic mass is 16.4. The maximum absolute atomic E-state index is 12.1. The van der Waals surface area contributed by atoms with Gasteiger partial charge in [-0.3, -0.25) is 9.59 Å². The van der Waals surface area contributed by atoms with Crippen LogP contribution in [0.3, 0.4) is 0 Å². The van der Waals surface area contributed by atoms with E-state index in [1.807, 2.05) is 11.5 Å². The number of amides is 1. The number of carbonyl (C=O) groups is 2. The molecule has 1 aliphatic carbocycles. The zero-order valence-corrected chi connectivity index (χ0v) is 10.8. The summed E-state index contributed by atoms with van der Waals surface area (Å²) in [6.07, 6.45) is 5.45. The molecule has 0 aromatic carbocycles. The van der Waals surface area contributed by atoms with Crippen LogP contribution in [0.1, 0.15) is 37.9 Å². The fourth-order valence-electron chi connectivity index (χ4n) is 2.95. The predicted molar refractivity (Wildman–Crippen MR) is 66.3 cm³/mol. The number of carboxylic acid groups (broad SMARTS) is 1. The number of likely N-dealkylation sites (tertiary alicyclic amines) is 1. The lowest BCUT2D eigenvalue weighted by molar-refractivity contribution is -0.142. The van der Waals surface area contributed by atoms with E-state index in [2.05, 4.69) is 4.98 Å². The molecule has 3 rings (SSSR count). The Morgan fingerprint density at radius 2 is 2.26 bits per heavy atom. The number of nitrogens with zero attached hydrogens (tertiary/aromatic N) is 3. The summed E-state index contributed by atoms with van der Waals surface area (Å²) < 4.78 is 1.93. The van der Waals surface area contributed by atoms with E-state index in [-0.39, 0.29) is 24.4 Å². The Morgan fingerprint density at radius 1 is 1.53 bits per heavy atom. The van der Waals surface area contributed by atoms with E-state index in [1.165, 1.54) is 0 Å². The molecule has 1 aromatic rings. The third-order valence-corrected chi connectivity index (χ3v) is 4.01. The monoisotopic (exact) mass is 263 g/mol. The summed E-state index contributed by atoms with van der Waals surface area (Å²) in [6.45, 7) is 2.71. The van der Waals surface area contributed by atoms with Gasteiger partial charge in [0.25, 0.3) is 0 Å². The number of aliphatic carboxylic acids is 1. The van der Waals surface area contributed by atoms with E-state index in [9.17, 15) is 14.7 Å². The van der Waals surface area contributed by atoms with Gasteiger partial charge in [-0.05, 0) is 19.8 Å². The first-order chi connectivity index (χ1) is 9.13. The Hall–Kier alpha value is -1.85. The van der Waals surface area contributed by atoms with Crippen LogP contribution >= 0.6 is 0 Å². The van der Waals surface area contributed by atoms with Gasteiger partial charge in [0.2, 0.25) is 5.91 Å². The molecule has 0 spiro atoms. The molecule has 0 bridgehead atoms. The molecule has 1 saturated heterocycles. The number of imidazole rings is 1. The molecule has 102 valence electrons. The highest BCUT2D eigenvalue weighted by Crippen LogP contribution is 2.44. The minimum absolute atomic E-state index is 0.0382. The highest BCUT2D eigenvalue weighted by Gasteiger charge is 2.50. The topological polar surface area (TPSA) is 75.4 Å². The molecule has 1 saturated carbocycles. The lowest BCUT2D eigenvalue weighted by atomic mass is 9.98. The van der Waals surface area contributed by atoms with Crippen LogP contribution in [0.4, 0.5) is 0 Å². The van der Waals surface area contributed by atoms with Gasteiger partial charge in [0.15, 0.2) is 0 Å². The average molecular weight is 263 g/mol. The number of rotatable bonds is 4. The van der Waals surface area contributed by atoms with Gasteiger partial charge in [0.1, 0.15) is 0 Å². The zero-order chi connectivity index (χ0) is 13.6. The third-order valence-electron chi connectivity index (χ3n) is 4.01. The maximum Gasteiger partial charge on any atom is 0.309 e. The number of hydrogen-bond donors (Lipinski definition) is 1. The molecule has 6 heteroatoms. The van der Waals surface area contributed by atoms with E-state index in [0.717, 1.165) is 25.1 Å². The van der Waals surface area contributed by atoms with E-state index in [1.54, 1.807) is 17.4 Å². The third kappa shape index (κ3) is 1.91. The van der Waals surface area contributed by atoms with Crippen molar-refractivity contribution in [1.82, 2.24) is 14.5 Å². The fraction of sp³-hybridized carbons (Fsp3) is 0.615. The molecule has 2 fully saturated rings. The molecule has 19 heavy (non-hydrogen) atoms. The van der Waals surface area contributed by atoms with Crippen molar-refractivity contribution in [3.63, 3.8) is 0 Å². The van der Waals surface area contributed by atoms with Gasteiger partial charge in [0, 0.05) is 19.0 Å². The van der Waals surface area contributed by atoms with Crippen molar-refractivity contribution in [2.24, 2.45) is 5.92 Å². The number of aryl methyl sites for hydroxylation is 1. The number of hydrogen-bond acceptors (Lipinski definition) is 3. The minimum atomic E-state index is -0.898. The lowest BCUT2D eigenvalue weighted by Gasteiger charge is -2.27. The molecule has 6 nitrogen and oxygen atoms in total. The molecule has 1 aliphatic heterocycles. The summed E-state index contributed by atoms with van der Waals surface area (Å²) >= 11 is 0. The first kappa shape index (κ1) is 12.2. The van der Waals surface area contributed by atoms with Crippen LogP contribution in [0.2, 0.25) is 0 Å². The quantitative estimate of drug-likeness (QED) is 0.880. The Bertz CT molecular complexity index is 521. The van der Waals surface area contributed by atoms with Gasteiger partial charge < -0.3 is 14.6 Å². The Kier molecular flexibility index (Phi) is 2.80. The van der Waals surface area contributed by atoms with Crippen molar-refractivity contribution >= 4 is 11.9 Å². The number of carboxylic acids is 1. The number of aromatic nitrogens is 2. The summed E-state index contributed by atoms with van der Waals surface area (Å²) in [7, 11) is 0. The fourth-order valence-corrected chi connectivity index (χ4v) is 2.95. The molecule has 1 amide bonds. The molecule has 2 aliphatic rings. The van der Waals surface area contributed by atoms with Gasteiger partial charge >= 0.3 is 5.97 Å². The molecular formula is C13H17N3O3. The van der Waals surface area contributed by atoms with Gasteiger partial charge in [-0.2, -0.15) is 0 Å². The van der Waals surface area contributed by atoms with Crippen molar-refractivity contribution < 1.29 is 14.7 Å². The van der Waals surface area contributed by atoms with E-state index >= 15 is 0 Å². The van der Waals surface area contributed by atoms with Crippen molar-refractivity contribution in [3.05, 3.63) is 18.2 Å². The van der Waals surface area contributed by atoms with Crippen LogP contribution in [-0.2, 0) is 16.1 Å². The largest absolute Gasteiger partial charge is 0.481 e. The summed E-state index contributed by atoms with van der Waals surface area (Å²) in [6, 6.07) is -0.137. The van der Waals surface area contributed by atoms with E-state index in [4.69, 9.17) is 0 Å². The normalized spacial score (nSPS) is 27.0. The second kappa shape index (κ2) is 4.36. The first-order valence-electron chi connectivity index (χ1n) is 6.67. The molecule has 2 heterocycles. The Labute approximate surface area is 111 Å². The summed E-state index contributed by atoms with van der Waals surface area (Å²) in [4.78, 5) is 29.4. The van der Waals surface area contributed by atoms with Gasteiger partial charge in [-0.25, -0.2) is 4.98 Å². The van der Waals surface area contributed by atoms with Gasteiger partial charge in [-0.1, -0.05) is 0 Å². The van der Waals surface area contributed by atoms with Crippen LogP contribution in [0, 0.1) is 5.92 Å². The van der Waals surface area contributed by atoms with Crippen LogP contribution < -0.4 is 0 Å². The Morgan fingerprint density at radius 3 is 2.84 bits per heavy atom. The van der Waals surface area contributed by atoms with Crippen molar-refractivity contribution in [1.29, 1.82) is 0 Å². The molecule has 2 atom stereocenters. The lowest BCUT2D eigenvalue weighted by Crippen LogP contribution is -2.33. The second-order valence-corrected chi connectivity index (χ2v) is 5.23. The minimum Gasteiger partial charge on any atom is -0.481 e. The summed E-state index contributed by atoms with van der Waals surface area (Å²) in [5, 5.41) is 9.38. The SMILES string of the molecule is CCn1cncc1C1C(C(=O)O)CC(=O)N1C1CC1. The maximum atomic E-state index is 12.1. The molecule has 1 aromatic heterocycles. The van der Waals surface area contributed by atoms with Crippen LogP contribution in [0.5, 0.6) is 0 Å². The smallest absolute Gasteiger partial charge is 0.309 e. The molecule has 0 radical (unpaired) electrons. The van der Waals surface area contributed by atoms with Crippen LogP contribution in [-0.4, -0.2) is 37.5 Å². The van der Waals surface area contributed by atoms with Crippen molar-refractivity contribution in [2.75, 3.05) is 0 Å². The highest BCUT2D eigenvalue weighted by molar-refractivity contribution is 5.87. The Balaban J connectivity index is 2.01. The molecule has 1 N–H and O–H groups in total. The predicted octanol–water partition coefficient (Wildman–Crippen LogP) is 1.04. The molecule has 2 unspecified atom stereocenters.